The lowest BCUT2D eigenvalue weighted by Crippen LogP contribution is -2.48. The molecular weight excluding hydrogens is 266 g/mol. The van der Waals surface area contributed by atoms with Crippen LogP contribution in [0, 0.1) is 0 Å². The second kappa shape index (κ2) is 6.06. The van der Waals surface area contributed by atoms with E-state index in [9.17, 15) is 4.79 Å². The summed E-state index contributed by atoms with van der Waals surface area (Å²) in [6, 6.07) is 7.51. The topological polar surface area (TPSA) is 66.2 Å². The number of hydrogen-bond donors (Lipinski definition) is 3. The largest absolute Gasteiger partial charge is 0.378 e. The first-order valence-electron chi connectivity index (χ1n) is 6.02. The number of aromatic nitrogens is 1. The van der Waals surface area contributed by atoms with Crippen molar-refractivity contribution >= 4 is 34.9 Å². The van der Waals surface area contributed by atoms with Gasteiger partial charge in [0.05, 0.1) is 13.2 Å². The summed E-state index contributed by atoms with van der Waals surface area (Å²) in [5, 5.41) is 7.11. The molecule has 1 aromatic heterocycles. The van der Waals surface area contributed by atoms with E-state index in [0.29, 0.717) is 13.2 Å². The maximum Gasteiger partial charge on any atom is 0.243 e. The van der Waals surface area contributed by atoms with Crippen LogP contribution in [0.3, 0.4) is 0 Å². The van der Waals surface area contributed by atoms with Gasteiger partial charge in [0, 0.05) is 29.3 Å². The Balaban J connectivity index is 0.00000133. The first-order chi connectivity index (χ1) is 8.83. The van der Waals surface area contributed by atoms with Crippen molar-refractivity contribution in [2.24, 2.45) is 0 Å². The zero-order valence-corrected chi connectivity index (χ0v) is 11.1. The molecular formula is C13H16ClN3O2. The third-order valence-electron chi connectivity index (χ3n) is 3.06. The Kier molecular flexibility index (Phi) is 4.42. The van der Waals surface area contributed by atoms with Gasteiger partial charge in [-0.1, -0.05) is 0 Å². The molecule has 0 spiro atoms. The average Bonchev–Trinajstić information content (AvgIpc) is 2.87. The van der Waals surface area contributed by atoms with Crippen molar-refractivity contribution in [1.29, 1.82) is 0 Å². The average molecular weight is 282 g/mol. The second-order valence-electron chi connectivity index (χ2n) is 4.35. The standard InChI is InChI=1S/C13H15N3O2.ClH/c17-13(12-8-18-6-5-15-12)16-10-1-2-11-9(7-10)3-4-14-11;/h1-4,7,12,14-15H,5-6,8H2,(H,16,17);1H. The van der Waals surface area contributed by atoms with Gasteiger partial charge < -0.3 is 20.4 Å². The van der Waals surface area contributed by atoms with E-state index in [1.165, 1.54) is 0 Å². The fourth-order valence-electron chi connectivity index (χ4n) is 2.09. The Labute approximate surface area is 117 Å². The molecule has 1 fully saturated rings. The summed E-state index contributed by atoms with van der Waals surface area (Å²) in [6.45, 7) is 1.81. The maximum atomic E-state index is 12.0. The number of fused-ring (bicyclic) bond motifs is 1. The molecule has 1 saturated heterocycles. The predicted molar refractivity (Wildman–Crippen MR) is 76.8 cm³/mol. The van der Waals surface area contributed by atoms with Crippen molar-refractivity contribution < 1.29 is 9.53 Å². The van der Waals surface area contributed by atoms with E-state index in [1.807, 2.05) is 30.5 Å². The summed E-state index contributed by atoms with van der Waals surface area (Å²) in [5.41, 5.74) is 1.87. The summed E-state index contributed by atoms with van der Waals surface area (Å²) in [4.78, 5) is 15.1. The van der Waals surface area contributed by atoms with Crippen LogP contribution in [0.2, 0.25) is 0 Å². The van der Waals surface area contributed by atoms with Crippen LogP contribution in [0.1, 0.15) is 0 Å². The second-order valence-corrected chi connectivity index (χ2v) is 4.35. The predicted octanol–water partition coefficient (Wildman–Crippen LogP) is 1.52. The number of carbonyl (C=O) groups is 1. The van der Waals surface area contributed by atoms with Gasteiger partial charge in [0.25, 0.3) is 0 Å². The number of benzene rings is 1. The molecule has 5 nitrogen and oxygen atoms in total. The van der Waals surface area contributed by atoms with E-state index in [0.717, 1.165) is 23.1 Å². The Morgan fingerprint density at radius 1 is 1.37 bits per heavy atom. The normalized spacial score (nSPS) is 18.8. The van der Waals surface area contributed by atoms with Gasteiger partial charge in [-0.15, -0.1) is 12.4 Å². The summed E-state index contributed by atoms with van der Waals surface area (Å²) in [7, 11) is 0. The van der Waals surface area contributed by atoms with Crippen molar-refractivity contribution in [2.75, 3.05) is 25.1 Å². The van der Waals surface area contributed by atoms with Crippen LogP contribution in [0.5, 0.6) is 0 Å². The van der Waals surface area contributed by atoms with Gasteiger partial charge in [0.15, 0.2) is 0 Å². The van der Waals surface area contributed by atoms with E-state index in [4.69, 9.17) is 4.74 Å². The summed E-state index contributed by atoms with van der Waals surface area (Å²) >= 11 is 0. The number of rotatable bonds is 2. The third kappa shape index (κ3) is 3.07. The summed E-state index contributed by atoms with van der Waals surface area (Å²) in [6.07, 6.45) is 1.88. The zero-order chi connectivity index (χ0) is 12.4. The van der Waals surface area contributed by atoms with Gasteiger partial charge in [-0.3, -0.25) is 4.79 Å². The number of amides is 1. The molecule has 2 heterocycles. The van der Waals surface area contributed by atoms with Gasteiger partial charge in [0.2, 0.25) is 5.91 Å². The molecule has 6 heteroatoms. The minimum Gasteiger partial charge on any atom is -0.378 e. The molecule has 0 saturated carbocycles. The third-order valence-corrected chi connectivity index (χ3v) is 3.06. The number of ether oxygens (including phenoxy) is 1. The van der Waals surface area contributed by atoms with Crippen LogP contribution in [0.4, 0.5) is 5.69 Å². The van der Waals surface area contributed by atoms with Crippen LogP contribution < -0.4 is 10.6 Å². The first kappa shape index (κ1) is 13.9. The zero-order valence-electron chi connectivity index (χ0n) is 10.3. The van der Waals surface area contributed by atoms with E-state index < -0.39 is 0 Å². The Morgan fingerprint density at radius 2 is 2.26 bits per heavy atom. The number of halogens is 1. The van der Waals surface area contributed by atoms with Gasteiger partial charge in [-0.25, -0.2) is 0 Å². The molecule has 0 aliphatic carbocycles. The fraction of sp³-hybridized carbons (Fsp3) is 0.308. The Morgan fingerprint density at radius 3 is 3.05 bits per heavy atom. The molecule has 1 unspecified atom stereocenters. The number of hydrogen-bond acceptors (Lipinski definition) is 3. The van der Waals surface area contributed by atoms with Crippen molar-refractivity contribution in [3.8, 4) is 0 Å². The number of nitrogens with one attached hydrogen (secondary N) is 3. The van der Waals surface area contributed by atoms with Gasteiger partial charge >= 0.3 is 0 Å². The lowest BCUT2D eigenvalue weighted by molar-refractivity contribution is -0.120. The van der Waals surface area contributed by atoms with E-state index in [1.54, 1.807) is 0 Å². The highest BCUT2D eigenvalue weighted by molar-refractivity contribution is 5.97. The lowest BCUT2D eigenvalue weighted by atomic mass is 10.2. The Bertz CT molecular complexity index is 564. The molecule has 3 N–H and O–H groups in total. The molecule has 19 heavy (non-hydrogen) atoms. The lowest BCUT2D eigenvalue weighted by Gasteiger charge is -2.22. The SMILES string of the molecule is Cl.O=C(Nc1ccc2[nH]ccc2c1)C1COCCN1. The molecule has 102 valence electrons. The maximum absolute atomic E-state index is 12.0. The smallest absolute Gasteiger partial charge is 0.243 e. The molecule has 1 aliphatic rings. The number of anilines is 1. The summed E-state index contributed by atoms with van der Waals surface area (Å²) < 4.78 is 5.27. The molecule has 3 rings (SSSR count). The molecule has 1 aliphatic heterocycles. The minimum absolute atomic E-state index is 0. The van der Waals surface area contributed by atoms with Gasteiger partial charge in [-0.05, 0) is 24.3 Å². The molecule has 1 amide bonds. The molecule has 0 radical (unpaired) electrons. The molecule has 1 aromatic carbocycles. The fourth-order valence-corrected chi connectivity index (χ4v) is 2.09. The highest BCUT2D eigenvalue weighted by Crippen LogP contribution is 2.17. The Hall–Kier alpha value is -1.56. The van der Waals surface area contributed by atoms with Crippen LogP contribution >= 0.6 is 12.4 Å². The number of carbonyl (C=O) groups excluding carboxylic acids is 1. The van der Waals surface area contributed by atoms with Crippen molar-refractivity contribution in [1.82, 2.24) is 10.3 Å². The van der Waals surface area contributed by atoms with E-state index in [-0.39, 0.29) is 24.4 Å². The molecule has 2 aromatic rings. The van der Waals surface area contributed by atoms with Gasteiger partial charge in [0.1, 0.15) is 6.04 Å². The van der Waals surface area contributed by atoms with Gasteiger partial charge in [-0.2, -0.15) is 0 Å². The van der Waals surface area contributed by atoms with Crippen molar-refractivity contribution in [2.45, 2.75) is 6.04 Å². The van der Waals surface area contributed by atoms with Crippen LogP contribution in [-0.2, 0) is 9.53 Å². The van der Waals surface area contributed by atoms with E-state index in [2.05, 4.69) is 15.6 Å². The van der Waals surface area contributed by atoms with Crippen LogP contribution in [-0.4, -0.2) is 36.7 Å². The molecule has 1 atom stereocenters. The number of H-pyrrole nitrogens is 1. The highest BCUT2D eigenvalue weighted by atomic mass is 35.5. The van der Waals surface area contributed by atoms with Crippen LogP contribution in [0.25, 0.3) is 10.9 Å². The number of morpholine rings is 1. The highest BCUT2D eigenvalue weighted by Gasteiger charge is 2.21. The monoisotopic (exact) mass is 281 g/mol. The summed E-state index contributed by atoms with van der Waals surface area (Å²) in [5.74, 6) is -0.0513. The quantitative estimate of drug-likeness (QED) is 0.782. The van der Waals surface area contributed by atoms with Crippen molar-refractivity contribution in [3.63, 3.8) is 0 Å². The first-order valence-corrected chi connectivity index (χ1v) is 6.02. The molecule has 0 bridgehead atoms. The van der Waals surface area contributed by atoms with Crippen molar-refractivity contribution in [3.05, 3.63) is 30.5 Å². The van der Waals surface area contributed by atoms with Crippen LogP contribution in [0.15, 0.2) is 30.5 Å². The minimum atomic E-state index is -0.263. The number of aromatic amines is 1. The van der Waals surface area contributed by atoms with E-state index >= 15 is 0 Å².